The number of benzene rings is 2. The Morgan fingerprint density at radius 3 is 1.95 bits per heavy atom. The summed E-state index contributed by atoms with van der Waals surface area (Å²) in [4.78, 5) is 39.6. The Bertz CT molecular complexity index is 1070. The number of nitrogens with zero attached hydrogens (tertiary/aromatic N) is 2. The van der Waals surface area contributed by atoms with Crippen molar-refractivity contribution < 1.29 is 38.5 Å². The van der Waals surface area contributed by atoms with Gasteiger partial charge >= 0.3 is 15.2 Å². The van der Waals surface area contributed by atoms with Gasteiger partial charge in [0.25, 0.3) is 5.08 Å². The van der Waals surface area contributed by atoms with Gasteiger partial charge in [0.15, 0.2) is 0 Å². The summed E-state index contributed by atoms with van der Waals surface area (Å²) in [5.74, 6) is 0.582. The van der Waals surface area contributed by atoms with E-state index in [0.29, 0.717) is 12.0 Å². The van der Waals surface area contributed by atoms with E-state index >= 15 is 0 Å². The third-order valence-corrected chi connectivity index (χ3v) is 10.7. The summed E-state index contributed by atoms with van der Waals surface area (Å²) in [6.45, 7) is 10.4. The molecule has 1 fully saturated rings. The van der Waals surface area contributed by atoms with E-state index in [0.717, 1.165) is 26.3 Å². The first-order valence-electron chi connectivity index (χ1n) is 14.0. The third-order valence-electron chi connectivity index (χ3n) is 6.84. The normalized spacial score (nSPS) is 15.4. The molecule has 0 aromatic heterocycles. The fraction of sp³-hybridized carbons (Fsp3) is 0.571. The van der Waals surface area contributed by atoms with Crippen molar-refractivity contribution in [3.05, 3.63) is 66.2 Å². The highest BCUT2D eigenvalue weighted by molar-refractivity contribution is 7.72. The van der Waals surface area contributed by atoms with Gasteiger partial charge in [-0.1, -0.05) is 62.4 Å². The van der Waals surface area contributed by atoms with Crippen LogP contribution in [-0.2, 0) is 20.4 Å². The molecule has 232 valence electrons. The lowest BCUT2D eigenvalue weighted by Gasteiger charge is -2.34. The van der Waals surface area contributed by atoms with E-state index in [1.807, 2.05) is 0 Å². The second kappa shape index (κ2) is 16.9. The largest absolute Gasteiger partial charge is 0.379 e. The van der Waals surface area contributed by atoms with Crippen molar-refractivity contribution >= 4 is 20.9 Å². The van der Waals surface area contributed by atoms with Crippen molar-refractivity contribution in [3.8, 4) is 0 Å². The van der Waals surface area contributed by atoms with Crippen molar-refractivity contribution in [3.63, 3.8) is 0 Å². The number of ether oxygens (including phenoxy) is 1. The molecule has 1 unspecified atom stereocenters. The van der Waals surface area contributed by atoms with Gasteiger partial charge in [0.1, 0.15) is 0 Å². The number of hydrogen-bond acceptors (Lipinski definition) is 7. The summed E-state index contributed by atoms with van der Waals surface area (Å²) >= 11 is 0. The molecule has 0 bridgehead atoms. The van der Waals surface area contributed by atoms with Gasteiger partial charge in [-0.05, 0) is 62.5 Å². The van der Waals surface area contributed by atoms with Crippen molar-refractivity contribution in [2.45, 2.75) is 57.2 Å². The molecule has 0 amide bonds. The molecule has 1 aliphatic heterocycles. The number of likely N-dealkylation sites (tertiary alicyclic amines) is 1. The van der Waals surface area contributed by atoms with Gasteiger partial charge in [-0.3, -0.25) is 14.0 Å². The molecule has 1 saturated heterocycles. The molecule has 7 N–H and O–H groups in total. The molecule has 13 heteroatoms. The predicted octanol–water partition coefficient (Wildman–Crippen LogP) is 3.56. The van der Waals surface area contributed by atoms with E-state index in [-0.39, 0.29) is 13.0 Å². The molecular formula is C28H47N3O8P2. The van der Waals surface area contributed by atoms with E-state index in [4.69, 9.17) is 30.0 Å². The summed E-state index contributed by atoms with van der Waals surface area (Å²) in [6.07, 6.45) is 1.76. The lowest BCUT2D eigenvalue weighted by Crippen LogP contribution is -2.45. The van der Waals surface area contributed by atoms with Crippen LogP contribution in [0.4, 0.5) is 5.69 Å². The molecule has 1 heterocycles. The minimum absolute atomic E-state index is 0.0394. The maximum atomic E-state index is 10.7. The van der Waals surface area contributed by atoms with Gasteiger partial charge < -0.3 is 40.1 Å². The number of aliphatic hydroxyl groups is 1. The maximum Gasteiger partial charge on any atom is 0.369 e. The molecule has 0 aliphatic carbocycles. The van der Waals surface area contributed by atoms with Crippen LogP contribution >= 0.6 is 15.2 Å². The first kappa shape index (κ1) is 35.6. The average molecular weight is 616 g/mol. The van der Waals surface area contributed by atoms with E-state index in [1.54, 1.807) is 0 Å². The van der Waals surface area contributed by atoms with E-state index in [1.165, 1.54) is 37.2 Å². The van der Waals surface area contributed by atoms with Gasteiger partial charge in [0, 0.05) is 31.8 Å². The maximum absolute atomic E-state index is 10.7. The predicted molar refractivity (Wildman–Crippen MR) is 162 cm³/mol. The zero-order valence-corrected chi connectivity index (χ0v) is 25.8. The second-order valence-electron chi connectivity index (χ2n) is 10.8. The smallest absolute Gasteiger partial charge is 0.369 e. The van der Waals surface area contributed by atoms with Gasteiger partial charge in [0.05, 0.1) is 12.6 Å². The zero-order valence-electron chi connectivity index (χ0n) is 24.0. The third kappa shape index (κ3) is 11.5. The Labute approximate surface area is 243 Å². The number of anilines is 1. The molecule has 3 rings (SSSR count). The molecule has 11 nitrogen and oxygen atoms in total. The number of para-hydroxylation sites is 1. The average Bonchev–Trinajstić information content (AvgIpc) is 3.46. The van der Waals surface area contributed by atoms with Crippen LogP contribution in [0, 0.1) is 5.92 Å². The summed E-state index contributed by atoms with van der Waals surface area (Å²) in [6, 6.07) is 22.0. The van der Waals surface area contributed by atoms with E-state index in [9.17, 15) is 14.2 Å². The molecule has 0 spiro atoms. The lowest BCUT2D eigenvalue weighted by molar-refractivity contribution is 0.0567. The van der Waals surface area contributed by atoms with E-state index < -0.39 is 26.7 Å². The number of rotatable bonds is 15. The molecule has 1 aliphatic rings. The standard InChI is InChI=1S/C24H34N2O.C4H13NO7P2/c1-21(2)19-27-20-24(25-15-9-10-16-25)18-26(23-13-7-4-8-14-23)17-22-11-5-3-6-12-22;5-3-1-2-4(6,13(7,8)9)14(10,11)12/h3-8,11-14,21,24H,9-10,15-20H2,1-2H3;6H,1-3,5H2,(H2,7,8,9)(H2,10,11,12). The van der Waals surface area contributed by atoms with Crippen LogP contribution in [0.5, 0.6) is 0 Å². The molecular weight excluding hydrogens is 568 g/mol. The minimum Gasteiger partial charge on any atom is -0.379 e. The summed E-state index contributed by atoms with van der Waals surface area (Å²) in [5, 5.41) is 5.91. The van der Waals surface area contributed by atoms with Crippen LogP contribution in [-0.4, -0.2) is 80.1 Å². The van der Waals surface area contributed by atoms with Crippen molar-refractivity contribution in [1.82, 2.24) is 4.90 Å². The molecule has 2 aromatic rings. The van der Waals surface area contributed by atoms with Crippen LogP contribution in [0.2, 0.25) is 0 Å². The topological polar surface area (TPSA) is 177 Å². The second-order valence-corrected chi connectivity index (χ2v) is 14.8. The first-order chi connectivity index (χ1) is 19.3. The Balaban J connectivity index is 0.000000357. The first-order valence-corrected chi connectivity index (χ1v) is 17.2. The highest BCUT2D eigenvalue weighted by Gasteiger charge is 2.58. The highest BCUT2D eigenvalue weighted by atomic mass is 31.2. The van der Waals surface area contributed by atoms with Crippen LogP contribution in [0.15, 0.2) is 60.7 Å². The van der Waals surface area contributed by atoms with Crippen LogP contribution in [0.25, 0.3) is 0 Å². The fourth-order valence-electron chi connectivity index (χ4n) is 4.58. The van der Waals surface area contributed by atoms with Gasteiger partial charge in [0.2, 0.25) is 0 Å². The van der Waals surface area contributed by atoms with Crippen molar-refractivity contribution in [2.75, 3.05) is 44.3 Å². The minimum atomic E-state index is -5.30. The quantitative estimate of drug-likeness (QED) is 0.162. The van der Waals surface area contributed by atoms with Crippen molar-refractivity contribution in [2.24, 2.45) is 11.7 Å². The zero-order chi connectivity index (χ0) is 30.5. The van der Waals surface area contributed by atoms with Crippen molar-refractivity contribution in [1.29, 1.82) is 0 Å². The number of hydrogen-bond donors (Lipinski definition) is 6. The molecule has 0 radical (unpaired) electrons. The summed E-state index contributed by atoms with van der Waals surface area (Å²) < 4.78 is 27.5. The van der Waals surface area contributed by atoms with Crippen LogP contribution in [0.1, 0.15) is 45.1 Å². The Kier molecular flexibility index (Phi) is 14.6. The molecule has 41 heavy (non-hydrogen) atoms. The SMILES string of the molecule is CC(C)COCC(CN(Cc1ccccc1)c1ccccc1)N1CCCC1.NCCCC(O)(P(=O)(O)O)P(=O)(O)O. The number of nitrogens with two attached hydrogens (primary N) is 1. The summed E-state index contributed by atoms with van der Waals surface area (Å²) in [7, 11) is -10.6. The van der Waals surface area contributed by atoms with Gasteiger partial charge in [-0.2, -0.15) is 0 Å². The Hall–Kier alpha value is -1.62. The lowest BCUT2D eigenvalue weighted by atomic mass is 10.1. The Morgan fingerprint density at radius 2 is 1.46 bits per heavy atom. The van der Waals surface area contributed by atoms with E-state index in [2.05, 4.69) is 84.3 Å². The monoisotopic (exact) mass is 615 g/mol. The Morgan fingerprint density at radius 1 is 0.927 bits per heavy atom. The molecule has 0 saturated carbocycles. The van der Waals surface area contributed by atoms with Gasteiger partial charge in [-0.25, -0.2) is 0 Å². The molecule has 1 atom stereocenters. The van der Waals surface area contributed by atoms with Crippen LogP contribution < -0.4 is 10.6 Å². The van der Waals surface area contributed by atoms with Gasteiger partial charge in [-0.15, -0.1) is 0 Å². The van der Waals surface area contributed by atoms with Crippen LogP contribution in [0.3, 0.4) is 0 Å². The highest BCUT2D eigenvalue weighted by Crippen LogP contribution is 2.69. The fourth-order valence-corrected chi connectivity index (χ4v) is 6.83. The molecule has 2 aromatic carbocycles. The summed E-state index contributed by atoms with van der Waals surface area (Å²) in [5.41, 5.74) is 7.64.